The van der Waals surface area contributed by atoms with Gasteiger partial charge in [0.2, 0.25) is 0 Å². The highest BCUT2D eigenvalue weighted by atomic mass is 16.5. The molecule has 0 unspecified atom stereocenters. The van der Waals surface area contributed by atoms with Crippen LogP contribution in [0, 0.1) is 0 Å². The number of fused-ring (bicyclic) bond motifs is 1. The van der Waals surface area contributed by atoms with E-state index in [2.05, 4.69) is 36.5 Å². The van der Waals surface area contributed by atoms with E-state index in [0.29, 0.717) is 13.1 Å². The van der Waals surface area contributed by atoms with Gasteiger partial charge in [0.05, 0.1) is 11.5 Å². The van der Waals surface area contributed by atoms with E-state index >= 15 is 0 Å². The summed E-state index contributed by atoms with van der Waals surface area (Å²) in [4.78, 5) is 14.4. The molecule has 1 aliphatic rings. The number of aromatic nitrogens is 2. The van der Waals surface area contributed by atoms with Gasteiger partial charge < -0.3 is 9.64 Å². The summed E-state index contributed by atoms with van der Waals surface area (Å²) < 4.78 is 5.67. The highest BCUT2D eigenvalue weighted by molar-refractivity contribution is 5.79. The van der Waals surface area contributed by atoms with Crippen molar-refractivity contribution in [2.24, 2.45) is 0 Å². The van der Waals surface area contributed by atoms with Crippen molar-refractivity contribution in [3.05, 3.63) is 85.5 Å². The Morgan fingerprint density at radius 3 is 2.68 bits per heavy atom. The van der Waals surface area contributed by atoms with Crippen LogP contribution in [0.5, 0.6) is 0 Å². The number of rotatable bonds is 8. The van der Waals surface area contributed by atoms with Crippen molar-refractivity contribution in [1.29, 1.82) is 0 Å². The van der Waals surface area contributed by atoms with Gasteiger partial charge in [-0.25, -0.2) is 0 Å². The van der Waals surface area contributed by atoms with Gasteiger partial charge in [0, 0.05) is 42.8 Å². The molecule has 0 radical (unpaired) electrons. The predicted molar refractivity (Wildman–Crippen MR) is 116 cm³/mol. The molecule has 0 atom stereocenters. The van der Waals surface area contributed by atoms with Gasteiger partial charge in [0.25, 0.3) is 5.91 Å². The van der Waals surface area contributed by atoms with E-state index in [4.69, 9.17) is 4.74 Å². The Kier molecular flexibility index (Phi) is 10.1. The van der Waals surface area contributed by atoms with Crippen LogP contribution in [-0.2, 0) is 22.5 Å². The lowest BCUT2D eigenvalue weighted by Crippen LogP contribution is -2.38. The zero-order valence-corrected chi connectivity index (χ0v) is 17.0. The normalized spacial score (nSPS) is 14.1. The molecule has 150 valence electrons. The van der Waals surface area contributed by atoms with Crippen LogP contribution in [0.3, 0.4) is 0 Å². The van der Waals surface area contributed by atoms with E-state index in [1.54, 1.807) is 12.2 Å². The van der Waals surface area contributed by atoms with Crippen molar-refractivity contribution in [2.45, 2.75) is 33.2 Å². The number of carbonyl (C=O) groups excluding carboxylic acids is 1. The first-order valence-electron chi connectivity index (χ1n) is 9.38. The number of amides is 1. The monoisotopic (exact) mass is 381 g/mol. The number of nitrogens with zero attached hydrogens (tertiary/aromatic N) is 2. The minimum atomic E-state index is -0.0181. The number of carbonyl (C=O) groups is 1. The first-order chi connectivity index (χ1) is 13.6. The zero-order valence-electron chi connectivity index (χ0n) is 17.0. The quantitative estimate of drug-likeness (QED) is 0.402. The van der Waals surface area contributed by atoms with Crippen LogP contribution < -0.4 is 0 Å². The molecule has 0 saturated carbocycles. The van der Waals surface area contributed by atoms with Gasteiger partial charge in [-0.05, 0) is 13.0 Å². The van der Waals surface area contributed by atoms with Crippen LogP contribution in [0.4, 0.5) is 0 Å². The molecule has 1 amide bonds. The molecular formula is C23H31N3O2. The molecule has 1 aliphatic heterocycles. The number of allylic oxidation sites excluding steroid dienone is 8. The second-order valence-corrected chi connectivity index (χ2v) is 5.96. The smallest absolute Gasteiger partial charge is 0.260 e. The highest BCUT2D eigenvalue weighted by Crippen LogP contribution is 2.26. The summed E-state index contributed by atoms with van der Waals surface area (Å²) in [5.41, 5.74) is 3.84. The minimum Gasteiger partial charge on any atom is -0.488 e. The third-order valence-electron chi connectivity index (χ3n) is 4.28. The van der Waals surface area contributed by atoms with E-state index in [-0.39, 0.29) is 12.5 Å². The Morgan fingerprint density at radius 2 is 2.07 bits per heavy atom. The first-order valence-corrected chi connectivity index (χ1v) is 9.38. The Morgan fingerprint density at radius 1 is 1.32 bits per heavy atom. The summed E-state index contributed by atoms with van der Waals surface area (Å²) in [6.45, 7) is 18.8. The van der Waals surface area contributed by atoms with E-state index in [1.807, 2.05) is 43.1 Å². The van der Waals surface area contributed by atoms with Gasteiger partial charge in [-0.15, -0.1) is 13.2 Å². The average Bonchev–Trinajstić information content (AvgIpc) is 3.16. The van der Waals surface area contributed by atoms with Gasteiger partial charge in [0.15, 0.2) is 6.61 Å². The zero-order chi connectivity index (χ0) is 20.9. The molecule has 2 rings (SSSR count). The number of H-pyrrole nitrogens is 1. The summed E-state index contributed by atoms with van der Waals surface area (Å²) in [5, 5.41) is 7.49. The van der Waals surface area contributed by atoms with Gasteiger partial charge >= 0.3 is 0 Å². The van der Waals surface area contributed by atoms with Crippen molar-refractivity contribution >= 4 is 11.5 Å². The summed E-state index contributed by atoms with van der Waals surface area (Å²) in [6, 6.07) is 0. The number of aromatic amines is 1. The largest absolute Gasteiger partial charge is 0.488 e. The van der Waals surface area contributed by atoms with Crippen LogP contribution in [-0.4, -0.2) is 34.2 Å². The summed E-state index contributed by atoms with van der Waals surface area (Å²) in [6.07, 6.45) is 12.6. The fourth-order valence-corrected chi connectivity index (χ4v) is 2.83. The molecule has 0 aliphatic carbocycles. The summed E-state index contributed by atoms with van der Waals surface area (Å²) in [5.74, 6) is 0.788. The number of hydrogen-bond donors (Lipinski definition) is 1. The maximum Gasteiger partial charge on any atom is 0.260 e. The lowest BCUT2D eigenvalue weighted by Gasteiger charge is -2.27. The maximum absolute atomic E-state index is 12.6. The van der Waals surface area contributed by atoms with E-state index < -0.39 is 0 Å². The second-order valence-electron chi connectivity index (χ2n) is 5.96. The molecule has 2 heterocycles. The summed E-state index contributed by atoms with van der Waals surface area (Å²) in [7, 11) is 0. The van der Waals surface area contributed by atoms with Crippen LogP contribution >= 0.6 is 0 Å². The lowest BCUT2D eigenvalue weighted by atomic mass is 10.0. The second kappa shape index (κ2) is 12.3. The molecule has 0 bridgehead atoms. The van der Waals surface area contributed by atoms with Crippen molar-refractivity contribution in [3.63, 3.8) is 0 Å². The van der Waals surface area contributed by atoms with Gasteiger partial charge in [0.1, 0.15) is 0 Å². The molecule has 0 aromatic carbocycles. The van der Waals surface area contributed by atoms with Crippen LogP contribution in [0.25, 0.3) is 5.57 Å². The fraction of sp³-hybridized carbons (Fsp3) is 0.304. The number of hydrogen-bond acceptors (Lipinski definition) is 3. The molecule has 1 aromatic heterocycles. The predicted octanol–water partition coefficient (Wildman–Crippen LogP) is 4.74. The van der Waals surface area contributed by atoms with Crippen LogP contribution in [0.15, 0.2) is 68.5 Å². The van der Waals surface area contributed by atoms with Crippen molar-refractivity contribution in [2.75, 3.05) is 13.2 Å². The van der Waals surface area contributed by atoms with E-state index in [1.165, 1.54) is 0 Å². The van der Waals surface area contributed by atoms with Crippen LogP contribution in [0.1, 0.15) is 37.2 Å². The first kappa shape index (κ1) is 23.0. The van der Waals surface area contributed by atoms with Crippen molar-refractivity contribution < 1.29 is 9.53 Å². The number of ether oxygens (including phenoxy) is 1. The average molecular weight is 382 g/mol. The molecule has 1 aromatic rings. The molecule has 0 saturated heterocycles. The third kappa shape index (κ3) is 5.98. The standard InChI is InChI=1S/C21H27N3O2.C2H4/c1-5-9-11-17(8-4)26-15-20(25)24-13-12-19-18(14-24)21(23-22-19)16(7-3)10-6-2;1-2/h5-7,9-11H,2-3,8,12-15H2,1,4H3,(H,22,23);1-2H2/b9-5-,16-10+,17-11+;. The SMILES string of the molecule is C=C.C=C/C=C(\C=C)c1n[nH]c2c1CN(C(=O)CO/C(=C/C=C\C)CC)CC2. The third-order valence-corrected chi connectivity index (χ3v) is 4.28. The lowest BCUT2D eigenvalue weighted by molar-refractivity contribution is -0.135. The molecular weight excluding hydrogens is 350 g/mol. The van der Waals surface area contributed by atoms with E-state index in [0.717, 1.165) is 41.1 Å². The maximum atomic E-state index is 12.6. The van der Waals surface area contributed by atoms with E-state index in [9.17, 15) is 4.79 Å². The minimum absolute atomic E-state index is 0.0181. The van der Waals surface area contributed by atoms with Crippen molar-refractivity contribution in [1.82, 2.24) is 15.1 Å². The molecule has 0 spiro atoms. The van der Waals surface area contributed by atoms with Gasteiger partial charge in [-0.2, -0.15) is 5.10 Å². The molecule has 5 nitrogen and oxygen atoms in total. The highest BCUT2D eigenvalue weighted by Gasteiger charge is 2.26. The topological polar surface area (TPSA) is 58.2 Å². The molecule has 1 N–H and O–H groups in total. The Hall–Kier alpha value is -3.08. The van der Waals surface area contributed by atoms with Gasteiger partial charge in [-0.3, -0.25) is 9.89 Å². The van der Waals surface area contributed by atoms with Crippen LogP contribution in [0.2, 0.25) is 0 Å². The Bertz CT molecular complexity index is 769. The van der Waals surface area contributed by atoms with Gasteiger partial charge in [-0.1, -0.05) is 50.5 Å². The Labute approximate surface area is 168 Å². The summed E-state index contributed by atoms with van der Waals surface area (Å²) >= 11 is 0. The Balaban J connectivity index is 0.00000190. The fourth-order valence-electron chi connectivity index (χ4n) is 2.83. The van der Waals surface area contributed by atoms with Crippen molar-refractivity contribution in [3.8, 4) is 0 Å². The molecule has 0 fully saturated rings. The molecule has 5 heteroatoms. The number of nitrogens with one attached hydrogen (secondary N) is 1. The molecule has 28 heavy (non-hydrogen) atoms.